The number of piperidine rings is 1. The number of rotatable bonds is 5. The normalized spacial score (nSPS) is 21.8. The van der Waals surface area contributed by atoms with Crippen LogP contribution in [-0.2, 0) is 10.0 Å². The van der Waals surface area contributed by atoms with Gasteiger partial charge in [-0.3, -0.25) is 4.79 Å². The molecule has 2 saturated heterocycles. The van der Waals surface area contributed by atoms with Crippen LogP contribution < -0.4 is 4.74 Å². The summed E-state index contributed by atoms with van der Waals surface area (Å²) in [7, 11) is 1.80. The number of likely N-dealkylation sites (tertiary alicyclic amines) is 1. The summed E-state index contributed by atoms with van der Waals surface area (Å²) < 4.78 is 33.5. The van der Waals surface area contributed by atoms with Gasteiger partial charge in [-0.15, -0.1) is 0 Å². The average Bonchev–Trinajstić information content (AvgIpc) is 3.03. The van der Waals surface area contributed by atoms with Crippen molar-refractivity contribution in [2.24, 2.45) is 0 Å². The average molecular weight is 424 g/mol. The van der Waals surface area contributed by atoms with Gasteiger partial charge in [-0.2, -0.15) is 4.31 Å². The summed E-state index contributed by atoms with van der Waals surface area (Å²) in [5.74, 6) is 0.169. The highest BCUT2D eigenvalue weighted by molar-refractivity contribution is 7.89. The zero-order valence-corrected chi connectivity index (χ0v) is 18.6. The molecule has 1 aromatic carbocycles. The molecule has 8 heteroatoms. The van der Waals surface area contributed by atoms with E-state index in [0.717, 1.165) is 38.5 Å². The van der Waals surface area contributed by atoms with E-state index >= 15 is 0 Å². The van der Waals surface area contributed by atoms with Crippen LogP contribution in [0.15, 0.2) is 23.1 Å². The van der Waals surface area contributed by atoms with Gasteiger partial charge in [0, 0.05) is 37.8 Å². The molecule has 29 heavy (non-hydrogen) atoms. The van der Waals surface area contributed by atoms with E-state index in [1.54, 1.807) is 12.1 Å². The van der Waals surface area contributed by atoms with Gasteiger partial charge in [-0.25, -0.2) is 8.42 Å². The minimum atomic E-state index is -3.71. The molecule has 2 fully saturated rings. The first-order chi connectivity index (χ1) is 13.8. The standard InChI is InChI=1S/C21H33N3O4S/c1-22(2)18-9-8-12-23(16-18)21(25)17-10-11-19(28-3)20(15-17)29(26,27)24-13-6-4-5-7-14-24/h10-11,15,18H,4-9,12-14,16H2,1-3H3. The monoisotopic (exact) mass is 423 g/mol. The molecule has 2 aliphatic rings. The van der Waals surface area contributed by atoms with E-state index in [-0.39, 0.29) is 16.6 Å². The summed E-state index contributed by atoms with van der Waals surface area (Å²) >= 11 is 0. The van der Waals surface area contributed by atoms with Gasteiger partial charge in [0.2, 0.25) is 10.0 Å². The van der Waals surface area contributed by atoms with Crippen molar-refractivity contribution in [1.29, 1.82) is 0 Å². The van der Waals surface area contributed by atoms with Crippen molar-refractivity contribution in [1.82, 2.24) is 14.1 Å². The minimum Gasteiger partial charge on any atom is -0.495 e. The highest BCUT2D eigenvalue weighted by atomic mass is 32.2. The number of carbonyl (C=O) groups is 1. The lowest BCUT2D eigenvalue weighted by atomic mass is 10.0. The molecular formula is C21H33N3O4S. The van der Waals surface area contributed by atoms with E-state index in [4.69, 9.17) is 4.74 Å². The van der Waals surface area contributed by atoms with Crippen molar-refractivity contribution < 1.29 is 17.9 Å². The molecule has 0 saturated carbocycles. The summed E-state index contributed by atoms with van der Waals surface area (Å²) in [6.45, 7) is 2.39. The van der Waals surface area contributed by atoms with Crippen LogP contribution >= 0.6 is 0 Å². The first-order valence-corrected chi connectivity index (χ1v) is 11.9. The zero-order chi connectivity index (χ0) is 21.0. The molecule has 0 aliphatic carbocycles. The molecule has 1 amide bonds. The van der Waals surface area contributed by atoms with Gasteiger partial charge in [0.15, 0.2) is 0 Å². The quantitative estimate of drug-likeness (QED) is 0.728. The van der Waals surface area contributed by atoms with E-state index < -0.39 is 10.0 Å². The third kappa shape index (κ3) is 4.92. The lowest BCUT2D eigenvalue weighted by Crippen LogP contribution is -2.47. The summed E-state index contributed by atoms with van der Waals surface area (Å²) in [6.07, 6.45) is 5.82. The second-order valence-electron chi connectivity index (χ2n) is 8.19. The molecule has 3 rings (SSSR count). The third-order valence-corrected chi connectivity index (χ3v) is 7.93. The molecule has 1 atom stereocenters. The summed E-state index contributed by atoms with van der Waals surface area (Å²) in [6, 6.07) is 5.10. The Kier molecular flexibility index (Phi) is 7.19. The van der Waals surface area contributed by atoms with E-state index in [1.807, 2.05) is 19.0 Å². The van der Waals surface area contributed by atoms with Gasteiger partial charge in [-0.05, 0) is 58.0 Å². The van der Waals surface area contributed by atoms with Crippen molar-refractivity contribution in [3.05, 3.63) is 23.8 Å². The van der Waals surface area contributed by atoms with Gasteiger partial charge >= 0.3 is 0 Å². The number of benzene rings is 1. The van der Waals surface area contributed by atoms with Crippen molar-refractivity contribution in [2.45, 2.75) is 49.5 Å². The molecule has 1 unspecified atom stereocenters. The first-order valence-electron chi connectivity index (χ1n) is 10.5. The van der Waals surface area contributed by atoms with Crippen molar-refractivity contribution in [3.63, 3.8) is 0 Å². The maximum absolute atomic E-state index is 13.3. The molecule has 162 valence electrons. The number of ether oxygens (including phenoxy) is 1. The smallest absolute Gasteiger partial charge is 0.253 e. The predicted octanol–water partition coefficient (Wildman–Crippen LogP) is 2.43. The Morgan fingerprint density at radius 2 is 1.76 bits per heavy atom. The van der Waals surface area contributed by atoms with E-state index in [1.165, 1.54) is 17.5 Å². The predicted molar refractivity (Wildman–Crippen MR) is 113 cm³/mol. The molecule has 0 spiro atoms. The second kappa shape index (κ2) is 9.45. The number of hydrogen-bond donors (Lipinski definition) is 0. The van der Waals surface area contributed by atoms with Gasteiger partial charge < -0.3 is 14.5 Å². The van der Waals surface area contributed by atoms with Crippen molar-refractivity contribution in [3.8, 4) is 5.75 Å². The summed E-state index contributed by atoms with van der Waals surface area (Å²) in [5.41, 5.74) is 0.401. The lowest BCUT2D eigenvalue weighted by Gasteiger charge is -2.36. The Labute approximate surface area is 174 Å². The SMILES string of the molecule is COc1ccc(C(=O)N2CCCC(N(C)C)C2)cc1S(=O)(=O)N1CCCCCC1. The molecule has 1 aromatic rings. The Balaban J connectivity index is 1.89. The number of likely N-dealkylation sites (N-methyl/N-ethyl adjacent to an activating group) is 1. The topological polar surface area (TPSA) is 70.2 Å². The van der Waals surface area contributed by atoms with E-state index in [2.05, 4.69) is 4.90 Å². The number of hydrogen-bond acceptors (Lipinski definition) is 5. The molecule has 0 aromatic heterocycles. The fourth-order valence-electron chi connectivity index (χ4n) is 4.18. The highest BCUT2D eigenvalue weighted by Crippen LogP contribution is 2.30. The van der Waals surface area contributed by atoms with Crippen molar-refractivity contribution in [2.75, 3.05) is 47.4 Å². The van der Waals surface area contributed by atoms with Crippen LogP contribution in [0.5, 0.6) is 5.75 Å². The maximum atomic E-state index is 13.3. The molecule has 0 bridgehead atoms. The van der Waals surface area contributed by atoms with Crippen LogP contribution in [0, 0.1) is 0 Å². The molecule has 0 radical (unpaired) electrons. The number of sulfonamides is 1. The van der Waals surface area contributed by atoms with Gasteiger partial charge in [0.25, 0.3) is 5.91 Å². The van der Waals surface area contributed by atoms with Crippen LogP contribution in [-0.4, -0.2) is 81.9 Å². The first kappa shape index (κ1) is 22.1. The van der Waals surface area contributed by atoms with Crippen molar-refractivity contribution >= 4 is 15.9 Å². The Morgan fingerprint density at radius 1 is 1.07 bits per heavy atom. The fourth-order valence-corrected chi connectivity index (χ4v) is 5.87. The van der Waals surface area contributed by atoms with E-state index in [0.29, 0.717) is 37.8 Å². The van der Waals surface area contributed by atoms with E-state index in [9.17, 15) is 13.2 Å². The van der Waals surface area contributed by atoms with Gasteiger partial charge in [-0.1, -0.05) is 12.8 Å². The van der Waals surface area contributed by atoms with Crippen LogP contribution in [0.2, 0.25) is 0 Å². The van der Waals surface area contributed by atoms with Crippen LogP contribution in [0.3, 0.4) is 0 Å². The molecule has 7 nitrogen and oxygen atoms in total. The van der Waals surface area contributed by atoms with Gasteiger partial charge in [0.1, 0.15) is 10.6 Å². The van der Waals surface area contributed by atoms with Crippen LogP contribution in [0.1, 0.15) is 48.9 Å². The Morgan fingerprint density at radius 3 is 2.38 bits per heavy atom. The minimum absolute atomic E-state index is 0.0916. The highest BCUT2D eigenvalue weighted by Gasteiger charge is 2.31. The molecule has 2 aliphatic heterocycles. The molecule has 2 heterocycles. The zero-order valence-electron chi connectivity index (χ0n) is 17.8. The molecule has 0 N–H and O–H groups in total. The number of amides is 1. The van der Waals surface area contributed by atoms with Crippen LogP contribution in [0.4, 0.5) is 0 Å². The third-order valence-electron chi connectivity index (χ3n) is 6.01. The summed E-state index contributed by atoms with van der Waals surface area (Å²) in [5, 5.41) is 0. The maximum Gasteiger partial charge on any atom is 0.253 e. The Bertz CT molecular complexity index is 817. The van der Waals surface area contributed by atoms with Gasteiger partial charge in [0.05, 0.1) is 7.11 Å². The fraction of sp³-hybridized carbons (Fsp3) is 0.667. The number of nitrogens with zero attached hydrogens (tertiary/aromatic N) is 3. The Hall–Kier alpha value is -1.64. The number of methoxy groups -OCH3 is 1. The summed E-state index contributed by atoms with van der Waals surface area (Å²) in [4.78, 5) is 17.2. The van der Waals surface area contributed by atoms with Crippen LogP contribution in [0.25, 0.3) is 0 Å². The number of carbonyl (C=O) groups excluding carboxylic acids is 1. The second-order valence-corrected chi connectivity index (χ2v) is 10.1. The lowest BCUT2D eigenvalue weighted by molar-refractivity contribution is 0.0635. The largest absolute Gasteiger partial charge is 0.495 e. The molecular weight excluding hydrogens is 390 g/mol.